The highest BCUT2D eigenvalue weighted by Crippen LogP contribution is 2.39. The van der Waals surface area contributed by atoms with Gasteiger partial charge in [-0.05, 0) is 29.8 Å². The fraction of sp³-hybridized carbons (Fsp3) is 0.174. The molecular formula is C23H21ClN2O3. The largest absolute Gasteiger partial charge is 0.497 e. The number of anilines is 1. The summed E-state index contributed by atoms with van der Waals surface area (Å²) in [4.78, 5) is 14.9. The first-order valence-corrected chi connectivity index (χ1v) is 9.62. The molecule has 3 aromatic rings. The summed E-state index contributed by atoms with van der Waals surface area (Å²) in [5.74, 6) is 1.30. The van der Waals surface area contributed by atoms with Crippen molar-refractivity contribution in [2.45, 2.75) is 12.7 Å². The lowest BCUT2D eigenvalue weighted by atomic mass is 10.1. The van der Waals surface area contributed by atoms with Crippen LogP contribution >= 0.6 is 11.6 Å². The van der Waals surface area contributed by atoms with Crippen molar-refractivity contribution in [3.63, 3.8) is 0 Å². The number of amides is 1. The van der Waals surface area contributed by atoms with Crippen LogP contribution in [0.4, 0.5) is 5.69 Å². The van der Waals surface area contributed by atoms with Crippen LogP contribution in [0.2, 0.25) is 5.02 Å². The van der Waals surface area contributed by atoms with Gasteiger partial charge in [0.2, 0.25) is 0 Å². The molecule has 1 heterocycles. The van der Waals surface area contributed by atoms with Gasteiger partial charge < -0.3 is 19.7 Å². The summed E-state index contributed by atoms with van der Waals surface area (Å²) in [6, 6.07) is 20.7. The molecule has 0 bridgehead atoms. The summed E-state index contributed by atoms with van der Waals surface area (Å²) in [6.45, 7) is 0.392. The van der Waals surface area contributed by atoms with Crippen LogP contribution in [0, 0.1) is 0 Å². The van der Waals surface area contributed by atoms with E-state index < -0.39 is 0 Å². The number of fused-ring (bicyclic) bond motifs is 1. The van der Waals surface area contributed by atoms with Gasteiger partial charge in [0.25, 0.3) is 5.91 Å². The minimum absolute atomic E-state index is 0.0366. The Morgan fingerprint density at radius 1 is 1.00 bits per heavy atom. The smallest absolute Gasteiger partial charge is 0.256 e. The van der Waals surface area contributed by atoms with Gasteiger partial charge in [-0.1, -0.05) is 48.0 Å². The van der Waals surface area contributed by atoms with Crippen LogP contribution in [0.1, 0.15) is 27.7 Å². The first-order chi connectivity index (χ1) is 14.1. The van der Waals surface area contributed by atoms with Crippen molar-refractivity contribution < 1.29 is 14.3 Å². The van der Waals surface area contributed by atoms with Crippen LogP contribution < -0.4 is 14.8 Å². The van der Waals surface area contributed by atoms with E-state index >= 15 is 0 Å². The summed E-state index contributed by atoms with van der Waals surface area (Å²) in [5.41, 5.74) is 3.27. The number of rotatable bonds is 6. The first-order valence-electron chi connectivity index (χ1n) is 9.24. The zero-order valence-electron chi connectivity index (χ0n) is 16.2. The average molecular weight is 409 g/mol. The Kier molecular flexibility index (Phi) is 5.32. The predicted octanol–water partition coefficient (Wildman–Crippen LogP) is 5.12. The molecule has 148 valence electrons. The van der Waals surface area contributed by atoms with Crippen LogP contribution in [0.3, 0.4) is 0 Å². The maximum atomic E-state index is 13.2. The Labute approximate surface area is 174 Å². The molecule has 4 rings (SSSR count). The van der Waals surface area contributed by atoms with Crippen LogP contribution in [-0.4, -0.2) is 25.0 Å². The topological polar surface area (TPSA) is 50.8 Å². The van der Waals surface area contributed by atoms with Gasteiger partial charge in [0.05, 0.1) is 19.9 Å². The average Bonchev–Trinajstić information content (AvgIpc) is 3.01. The molecule has 1 amide bonds. The number of carbonyl (C=O) groups excluding carboxylic acids is 1. The molecule has 3 aromatic carbocycles. The van der Waals surface area contributed by atoms with Crippen LogP contribution in [-0.2, 0) is 6.54 Å². The van der Waals surface area contributed by atoms with E-state index in [0.717, 1.165) is 16.8 Å². The number of benzene rings is 3. The van der Waals surface area contributed by atoms with Crippen LogP contribution in [0.5, 0.6) is 11.5 Å². The van der Waals surface area contributed by atoms with Crippen LogP contribution in [0.15, 0.2) is 66.7 Å². The lowest BCUT2D eigenvalue weighted by molar-refractivity contribution is 0.0728. The van der Waals surface area contributed by atoms with Gasteiger partial charge >= 0.3 is 0 Å². The highest BCUT2D eigenvalue weighted by molar-refractivity contribution is 6.31. The van der Waals surface area contributed by atoms with Crippen molar-refractivity contribution in [2.75, 3.05) is 19.5 Å². The van der Waals surface area contributed by atoms with Gasteiger partial charge in [0.15, 0.2) is 0 Å². The number of nitrogens with zero attached hydrogens (tertiary/aromatic N) is 1. The normalized spacial score (nSPS) is 15.2. The molecule has 0 unspecified atom stereocenters. The standard InChI is InChI=1S/C23H21ClN2O3/c1-28-16-11-12-20(21(13-16)29-2)25-22-17-8-4-5-9-18(17)23(27)26(22)14-15-7-3-6-10-19(15)24/h3-13,22,25H,14H2,1-2H3/t22-/m0/s1. The second kappa shape index (κ2) is 8.05. The second-order valence-corrected chi connectivity index (χ2v) is 7.13. The number of hydrogen-bond acceptors (Lipinski definition) is 4. The van der Waals surface area contributed by atoms with Crippen molar-refractivity contribution in [1.82, 2.24) is 4.90 Å². The fourth-order valence-corrected chi connectivity index (χ4v) is 3.76. The van der Waals surface area contributed by atoms with E-state index in [1.165, 1.54) is 0 Å². The number of hydrogen-bond donors (Lipinski definition) is 1. The van der Waals surface area contributed by atoms with Crippen molar-refractivity contribution in [2.24, 2.45) is 0 Å². The third-order valence-corrected chi connectivity index (χ3v) is 5.43. The van der Waals surface area contributed by atoms with Crippen molar-refractivity contribution in [3.8, 4) is 11.5 Å². The highest BCUT2D eigenvalue weighted by atomic mass is 35.5. The maximum absolute atomic E-state index is 13.2. The van der Waals surface area contributed by atoms with E-state index in [1.807, 2.05) is 66.7 Å². The number of ether oxygens (including phenoxy) is 2. The third kappa shape index (κ3) is 3.61. The SMILES string of the molecule is COc1ccc(N[C@@H]2c3ccccc3C(=O)N2Cc2ccccc2Cl)c(OC)c1. The van der Waals surface area contributed by atoms with E-state index in [0.29, 0.717) is 28.6 Å². The highest BCUT2D eigenvalue weighted by Gasteiger charge is 2.37. The number of carbonyl (C=O) groups is 1. The molecule has 0 spiro atoms. The molecule has 29 heavy (non-hydrogen) atoms. The van der Waals surface area contributed by atoms with Gasteiger partial charge in [-0.3, -0.25) is 4.79 Å². The number of halogens is 1. The van der Waals surface area contributed by atoms with Gasteiger partial charge in [-0.15, -0.1) is 0 Å². The zero-order valence-corrected chi connectivity index (χ0v) is 16.9. The predicted molar refractivity (Wildman–Crippen MR) is 114 cm³/mol. The summed E-state index contributed by atoms with van der Waals surface area (Å²) in [6.07, 6.45) is -0.350. The molecule has 5 nitrogen and oxygen atoms in total. The summed E-state index contributed by atoms with van der Waals surface area (Å²) in [5, 5.41) is 4.11. The lowest BCUT2D eigenvalue weighted by Crippen LogP contribution is -2.32. The number of nitrogens with one attached hydrogen (secondary N) is 1. The van der Waals surface area contributed by atoms with Gasteiger partial charge in [0, 0.05) is 28.8 Å². The van der Waals surface area contributed by atoms with Gasteiger partial charge in [-0.25, -0.2) is 0 Å². The lowest BCUT2D eigenvalue weighted by Gasteiger charge is -2.28. The minimum atomic E-state index is -0.350. The molecule has 0 fully saturated rings. The van der Waals surface area contributed by atoms with Crippen molar-refractivity contribution in [1.29, 1.82) is 0 Å². The molecule has 0 saturated heterocycles. The molecule has 0 radical (unpaired) electrons. The molecule has 1 aliphatic rings. The summed E-state index contributed by atoms with van der Waals surface area (Å²) in [7, 11) is 3.22. The van der Waals surface area contributed by atoms with E-state index in [1.54, 1.807) is 19.1 Å². The monoisotopic (exact) mass is 408 g/mol. The maximum Gasteiger partial charge on any atom is 0.256 e. The van der Waals surface area contributed by atoms with Gasteiger partial charge in [-0.2, -0.15) is 0 Å². The quantitative estimate of drug-likeness (QED) is 0.614. The third-order valence-electron chi connectivity index (χ3n) is 5.06. The van der Waals surface area contributed by atoms with Gasteiger partial charge in [0.1, 0.15) is 17.7 Å². The second-order valence-electron chi connectivity index (χ2n) is 6.72. The first kappa shape index (κ1) is 19.2. The molecule has 1 aliphatic heterocycles. The van der Waals surface area contributed by atoms with Crippen LogP contribution in [0.25, 0.3) is 0 Å². The van der Waals surface area contributed by atoms with Crippen molar-refractivity contribution >= 4 is 23.2 Å². The summed E-state index contributed by atoms with van der Waals surface area (Å²) < 4.78 is 10.8. The summed E-state index contributed by atoms with van der Waals surface area (Å²) >= 11 is 6.36. The molecule has 6 heteroatoms. The zero-order chi connectivity index (χ0) is 20.4. The minimum Gasteiger partial charge on any atom is -0.497 e. The van der Waals surface area contributed by atoms with Crippen molar-refractivity contribution in [3.05, 3.63) is 88.4 Å². The number of methoxy groups -OCH3 is 2. The molecule has 0 aliphatic carbocycles. The molecular weight excluding hydrogens is 388 g/mol. The van der Waals surface area contributed by atoms with E-state index in [2.05, 4.69) is 5.32 Å². The van der Waals surface area contributed by atoms with E-state index in [9.17, 15) is 4.79 Å². The Bertz CT molecular complexity index is 1050. The molecule has 1 N–H and O–H groups in total. The Morgan fingerprint density at radius 3 is 2.52 bits per heavy atom. The molecule has 1 atom stereocenters. The van der Waals surface area contributed by atoms with E-state index in [-0.39, 0.29) is 12.1 Å². The Morgan fingerprint density at radius 2 is 1.76 bits per heavy atom. The van der Waals surface area contributed by atoms with E-state index in [4.69, 9.17) is 21.1 Å². The Balaban J connectivity index is 1.72. The Hall–Kier alpha value is -3.18. The fourth-order valence-electron chi connectivity index (χ4n) is 3.56. The molecule has 0 saturated carbocycles. The molecule has 0 aromatic heterocycles.